The van der Waals surface area contributed by atoms with Gasteiger partial charge in [0.1, 0.15) is 0 Å². The van der Waals surface area contributed by atoms with Crippen LogP contribution in [0.4, 0.5) is 0 Å². The minimum atomic E-state index is -0.976. The van der Waals surface area contributed by atoms with Crippen molar-refractivity contribution in [3.05, 3.63) is 0 Å². The smallest absolute Gasteiger partial charge is 0.310 e. The number of hydrogen-bond donors (Lipinski definition) is 3. The van der Waals surface area contributed by atoms with E-state index in [1.54, 1.807) is 13.8 Å². The first-order chi connectivity index (χ1) is 8.34. The molecular weight excluding hydrogens is 236 g/mol. The van der Waals surface area contributed by atoms with E-state index in [2.05, 4.69) is 5.32 Å². The van der Waals surface area contributed by atoms with Crippen molar-refractivity contribution in [3.63, 3.8) is 0 Å². The monoisotopic (exact) mass is 258 g/mol. The van der Waals surface area contributed by atoms with E-state index in [-0.39, 0.29) is 19.0 Å². The predicted octanol–water partition coefficient (Wildman–Crippen LogP) is -0.0311. The Morgan fingerprint density at radius 2 is 1.94 bits per heavy atom. The standard InChI is InChI=1S/C12H22N2O4/c1-11(2,10(16)17)8-14-9(15)12(7-13)3-5-18-6-4-12/h3-8,13H2,1-2H3,(H,14,15)(H,16,17). The number of nitrogens with two attached hydrogens (primary N) is 1. The molecule has 104 valence electrons. The zero-order valence-electron chi connectivity index (χ0n) is 11.0. The second-order valence-electron chi connectivity index (χ2n) is 5.47. The van der Waals surface area contributed by atoms with Crippen molar-refractivity contribution in [2.45, 2.75) is 26.7 Å². The van der Waals surface area contributed by atoms with Crippen LogP contribution in [0.2, 0.25) is 0 Å². The number of ether oxygens (including phenoxy) is 1. The van der Waals surface area contributed by atoms with E-state index in [1.165, 1.54) is 0 Å². The lowest BCUT2D eigenvalue weighted by molar-refractivity contribution is -0.147. The molecule has 0 unspecified atom stereocenters. The van der Waals surface area contributed by atoms with E-state index in [1.807, 2.05) is 0 Å². The van der Waals surface area contributed by atoms with Crippen molar-refractivity contribution < 1.29 is 19.4 Å². The van der Waals surface area contributed by atoms with Gasteiger partial charge < -0.3 is 20.9 Å². The average molecular weight is 258 g/mol. The molecule has 0 spiro atoms. The molecule has 0 atom stereocenters. The van der Waals surface area contributed by atoms with Crippen molar-refractivity contribution in [3.8, 4) is 0 Å². The zero-order valence-corrected chi connectivity index (χ0v) is 11.0. The summed E-state index contributed by atoms with van der Waals surface area (Å²) in [6, 6.07) is 0. The first-order valence-corrected chi connectivity index (χ1v) is 6.14. The highest BCUT2D eigenvalue weighted by molar-refractivity contribution is 5.84. The van der Waals surface area contributed by atoms with Gasteiger partial charge in [0.05, 0.1) is 10.8 Å². The van der Waals surface area contributed by atoms with Crippen LogP contribution in [0, 0.1) is 10.8 Å². The van der Waals surface area contributed by atoms with Gasteiger partial charge in [-0.2, -0.15) is 0 Å². The van der Waals surface area contributed by atoms with Crippen LogP contribution in [0.25, 0.3) is 0 Å². The maximum Gasteiger partial charge on any atom is 0.310 e. The lowest BCUT2D eigenvalue weighted by atomic mass is 9.79. The molecule has 18 heavy (non-hydrogen) atoms. The molecule has 1 fully saturated rings. The van der Waals surface area contributed by atoms with Gasteiger partial charge in [-0.05, 0) is 26.7 Å². The largest absolute Gasteiger partial charge is 0.481 e. The predicted molar refractivity (Wildman–Crippen MR) is 66.0 cm³/mol. The molecule has 0 radical (unpaired) electrons. The summed E-state index contributed by atoms with van der Waals surface area (Å²) < 4.78 is 5.23. The number of nitrogens with one attached hydrogen (secondary N) is 1. The minimum absolute atomic E-state index is 0.101. The van der Waals surface area contributed by atoms with Crippen LogP contribution in [0.15, 0.2) is 0 Å². The highest BCUT2D eigenvalue weighted by Crippen LogP contribution is 2.29. The molecule has 1 amide bonds. The molecule has 1 rings (SSSR count). The van der Waals surface area contributed by atoms with Gasteiger partial charge in [-0.15, -0.1) is 0 Å². The molecule has 1 aliphatic heterocycles. The second kappa shape index (κ2) is 5.67. The van der Waals surface area contributed by atoms with Crippen molar-refractivity contribution >= 4 is 11.9 Å². The van der Waals surface area contributed by atoms with Crippen LogP contribution in [0.3, 0.4) is 0 Å². The number of carboxylic acid groups (broad SMARTS) is 1. The summed E-state index contributed by atoms with van der Waals surface area (Å²) in [5.41, 5.74) is 4.13. The van der Waals surface area contributed by atoms with Gasteiger partial charge in [0, 0.05) is 26.3 Å². The highest BCUT2D eigenvalue weighted by Gasteiger charge is 2.39. The number of amides is 1. The summed E-state index contributed by atoms with van der Waals surface area (Å²) >= 11 is 0. The van der Waals surface area contributed by atoms with Crippen molar-refractivity contribution in [2.24, 2.45) is 16.6 Å². The minimum Gasteiger partial charge on any atom is -0.481 e. The molecule has 1 aliphatic rings. The number of aliphatic carboxylic acids is 1. The molecule has 6 nitrogen and oxygen atoms in total. The Balaban J connectivity index is 2.61. The summed E-state index contributed by atoms with van der Waals surface area (Å²) in [5, 5.41) is 11.7. The van der Waals surface area contributed by atoms with Gasteiger partial charge in [0.15, 0.2) is 0 Å². The van der Waals surface area contributed by atoms with E-state index in [0.717, 1.165) is 0 Å². The third kappa shape index (κ3) is 3.20. The fraction of sp³-hybridized carbons (Fsp3) is 0.833. The fourth-order valence-corrected chi connectivity index (χ4v) is 1.85. The fourth-order valence-electron chi connectivity index (χ4n) is 1.85. The number of hydrogen-bond acceptors (Lipinski definition) is 4. The van der Waals surface area contributed by atoms with Gasteiger partial charge in [0.25, 0.3) is 0 Å². The Kier molecular flexibility index (Phi) is 4.70. The zero-order chi connectivity index (χ0) is 13.8. The van der Waals surface area contributed by atoms with E-state index in [4.69, 9.17) is 15.6 Å². The summed E-state index contributed by atoms with van der Waals surface area (Å²) in [6.07, 6.45) is 1.17. The molecule has 4 N–H and O–H groups in total. The molecular formula is C12H22N2O4. The van der Waals surface area contributed by atoms with E-state index in [9.17, 15) is 9.59 Å². The van der Waals surface area contributed by atoms with Crippen LogP contribution in [0.5, 0.6) is 0 Å². The normalized spacial score (nSPS) is 19.3. The van der Waals surface area contributed by atoms with Gasteiger partial charge in [-0.25, -0.2) is 0 Å². The molecule has 0 aromatic heterocycles. The van der Waals surface area contributed by atoms with Crippen molar-refractivity contribution in [2.75, 3.05) is 26.3 Å². The number of rotatable bonds is 5. The van der Waals surface area contributed by atoms with Gasteiger partial charge in [-0.1, -0.05) is 0 Å². The first-order valence-electron chi connectivity index (χ1n) is 6.14. The molecule has 1 heterocycles. The molecule has 0 aliphatic carbocycles. The maximum atomic E-state index is 12.2. The Morgan fingerprint density at radius 1 is 1.39 bits per heavy atom. The maximum absolute atomic E-state index is 12.2. The molecule has 0 aromatic rings. The van der Waals surface area contributed by atoms with Crippen LogP contribution in [-0.2, 0) is 14.3 Å². The Bertz CT molecular complexity index is 322. The summed E-state index contributed by atoms with van der Waals surface area (Å²) in [5.74, 6) is -1.10. The van der Waals surface area contributed by atoms with E-state index in [0.29, 0.717) is 26.1 Å². The quantitative estimate of drug-likeness (QED) is 0.642. The average Bonchev–Trinajstić information content (AvgIpc) is 2.36. The number of carboxylic acids is 1. The van der Waals surface area contributed by atoms with Gasteiger partial charge in [-0.3, -0.25) is 9.59 Å². The molecule has 0 saturated carbocycles. The molecule has 0 bridgehead atoms. The van der Waals surface area contributed by atoms with Gasteiger partial charge in [0.2, 0.25) is 5.91 Å². The lowest BCUT2D eigenvalue weighted by Crippen LogP contribution is -2.51. The van der Waals surface area contributed by atoms with Crippen LogP contribution >= 0.6 is 0 Å². The molecule has 6 heteroatoms. The van der Waals surface area contributed by atoms with Crippen molar-refractivity contribution in [1.29, 1.82) is 0 Å². The lowest BCUT2D eigenvalue weighted by Gasteiger charge is -2.35. The van der Waals surface area contributed by atoms with E-state index < -0.39 is 16.8 Å². The van der Waals surface area contributed by atoms with E-state index >= 15 is 0 Å². The summed E-state index contributed by atoms with van der Waals surface area (Å²) in [6.45, 7) is 4.56. The Morgan fingerprint density at radius 3 is 2.39 bits per heavy atom. The highest BCUT2D eigenvalue weighted by atomic mass is 16.5. The first kappa shape index (κ1) is 14.9. The molecule has 0 aromatic carbocycles. The Hall–Kier alpha value is -1.14. The van der Waals surface area contributed by atoms with Crippen molar-refractivity contribution in [1.82, 2.24) is 5.32 Å². The number of carbonyl (C=O) groups is 2. The van der Waals surface area contributed by atoms with Crippen LogP contribution in [0.1, 0.15) is 26.7 Å². The second-order valence-corrected chi connectivity index (χ2v) is 5.47. The van der Waals surface area contributed by atoms with Crippen LogP contribution < -0.4 is 11.1 Å². The third-order valence-corrected chi connectivity index (χ3v) is 3.59. The van der Waals surface area contributed by atoms with Crippen LogP contribution in [-0.4, -0.2) is 43.3 Å². The summed E-state index contributed by atoms with van der Waals surface area (Å²) in [7, 11) is 0. The van der Waals surface area contributed by atoms with Gasteiger partial charge >= 0.3 is 5.97 Å². The topological polar surface area (TPSA) is 102 Å². The number of carbonyl (C=O) groups excluding carboxylic acids is 1. The molecule has 1 saturated heterocycles. The summed E-state index contributed by atoms with van der Waals surface area (Å²) in [4.78, 5) is 23.1. The SMILES string of the molecule is CC(C)(CNC(=O)C1(CN)CCOCC1)C(=O)O. The Labute approximate surface area is 107 Å². The third-order valence-electron chi connectivity index (χ3n) is 3.59.